The zero-order valence-electron chi connectivity index (χ0n) is 12.6. The maximum atomic E-state index is 12.1. The van der Waals surface area contributed by atoms with Crippen molar-refractivity contribution in [2.45, 2.75) is 43.4 Å². The number of hydrogen-bond acceptors (Lipinski definition) is 5. The number of rotatable bonds is 4. The third-order valence-electron chi connectivity index (χ3n) is 4.13. The van der Waals surface area contributed by atoms with E-state index in [9.17, 15) is 13.2 Å². The lowest BCUT2D eigenvalue weighted by Crippen LogP contribution is -2.18. The maximum absolute atomic E-state index is 12.1. The minimum Gasteiger partial charge on any atom is -0.302 e. The van der Waals surface area contributed by atoms with Crippen LogP contribution in [-0.2, 0) is 14.8 Å². The van der Waals surface area contributed by atoms with Crippen LogP contribution in [0.25, 0.3) is 10.2 Å². The molecule has 0 unspecified atom stereocenters. The number of thiazole rings is 1. The Balaban J connectivity index is 1.71. The van der Waals surface area contributed by atoms with Crippen molar-refractivity contribution in [2.75, 3.05) is 5.32 Å². The number of amides is 1. The SMILES string of the molecule is NS(=O)(=O)c1ccc2nc(NC(=O)CC3CCCCC3)sc2c1. The third kappa shape index (κ3) is 4.07. The summed E-state index contributed by atoms with van der Waals surface area (Å²) in [6.07, 6.45) is 6.43. The second-order valence-electron chi connectivity index (χ2n) is 5.95. The molecular weight excluding hydrogens is 334 g/mol. The van der Waals surface area contributed by atoms with Crippen molar-refractivity contribution >= 4 is 42.6 Å². The average molecular weight is 353 g/mol. The first-order valence-corrected chi connectivity index (χ1v) is 10.0. The Labute approximate surface area is 139 Å². The summed E-state index contributed by atoms with van der Waals surface area (Å²) in [6.45, 7) is 0. The second kappa shape index (κ2) is 6.54. The number of primary sulfonamides is 1. The highest BCUT2D eigenvalue weighted by molar-refractivity contribution is 7.89. The van der Waals surface area contributed by atoms with Gasteiger partial charge in [-0.15, -0.1) is 0 Å². The first-order chi connectivity index (χ1) is 10.9. The molecule has 0 aliphatic heterocycles. The summed E-state index contributed by atoms with van der Waals surface area (Å²) >= 11 is 1.25. The largest absolute Gasteiger partial charge is 0.302 e. The smallest absolute Gasteiger partial charge is 0.238 e. The number of nitrogens with one attached hydrogen (secondary N) is 1. The van der Waals surface area contributed by atoms with E-state index in [0.29, 0.717) is 27.7 Å². The number of anilines is 1. The van der Waals surface area contributed by atoms with E-state index in [4.69, 9.17) is 5.14 Å². The molecule has 0 saturated heterocycles. The van der Waals surface area contributed by atoms with Gasteiger partial charge in [0.1, 0.15) is 0 Å². The van der Waals surface area contributed by atoms with Crippen LogP contribution in [0.4, 0.5) is 5.13 Å². The lowest BCUT2D eigenvalue weighted by molar-refractivity contribution is -0.117. The monoisotopic (exact) mass is 353 g/mol. The number of benzene rings is 1. The summed E-state index contributed by atoms with van der Waals surface area (Å²) in [6, 6.07) is 4.51. The van der Waals surface area contributed by atoms with Crippen LogP contribution < -0.4 is 10.5 Å². The maximum Gasteiger partial charge on any atom is 0.238 e. The molecule has 8 heteroatoms. The number of hydrogen-bond donors (Lipinski definition) is 2. The third-order valence-corrected chi connectivity index (χ3v) is 5.98. The summed E-state index contributed by atoms with van der Waals surface area (Å²) in [7, 11) is -3.74. The molecule has 6 nitrogen and oxygen atoms in total. The first-order valence-electron chi connectivity index (χ1n) is 7.65. The van der Waals surface area contributed by atoms with Crippen LogP contribution in [0.3, 0.4) is 0 Å². The molecule has 124 valence electrons. The van der Waals surface area contributed by atoms with Crippen LogP contribution >= 0.6 is 11.3 Å². The minimum absolute atomic E-state index is 0.0253. The number of aromatic nitrogens is 1. The zero-order valence-corrected chi connectivity index (χ0v) is 14.3. The van der Waals surface area contributed by atoms with Gasteiger partial charge in [0.05, 0.1) is 15.1 Å². The number of sulfonamides is 1. The summed E-state index contributed by atoms with van der Waals surface area (Å²) in [5.74, 6) is 0.440. The summed E-state index contributed by atoms with van der Waals surface area (Å²) in [5, 5.41) is 8.44. The topological polar surface area (TPSA) is 102 Å². The Morgan fingerprint density at radius 2 is 2.04 bits per heavy atom. The summed E-state index contributed by atoms with van der Waals surface area (Å²) < 4.78 is 23.4. The highest BCUT2D eigenvalue weighted by Crippen LogP contribution is 2.29. The summed E-state index contributed by atoms with van der Waals surface area (Å²) in [4.78, 5) is 16.5. The molecule has 2 aromatic rings. The van der Waals surface area contributed by atoms with Gasteiger partial charge in [-0.2, -0.15) is 0 Å². The van der Waals surface area contributed by atoms with E-state index in [1.165, 1.54) is 42.7 Å². The highest BCUT2D eigenvalue weighted by atomic mass is 32.2. The van der Waals surface area contributed by atoms with Gasteiger partial charge < -0.3 is 5.32 Å². The van der Waals surface area contributed by atoms with Crippen LogP contribution in [0.2, 0.25) is 0 Å². The quantitative estimate of drug-likeness (QED) is 0.882. The van der Waals surface area contributed by atoms with E-state index >= 15 is 0 Å². The molecule has 3 N–H and O–H groups in total. The van der Waals surface area contributed by atoms with Gasteiger partial charge in [-0.1, -0.05) is 30.6 Å². The van der Waals surface area contributed by atoms with Crippen LogP contribution in [0.15, 0.2) is 23.1 Å². The van der Waals surface area contributed by atoms with Gasteiger partial charge in [-0.25, -0.2) is 18.5 Å². The molecule has 3 rings (SSSR count). The van der Waals surface area contributed by atoms with Gasteiger partial charge in [0.15, 0.2) is 5.13 Å². The highest BCUT2D eigenvalue weighted by Gasteiger charge is 2.18. The average Bonchev–Trinajstić information content (AvgIpc) is 2.88. The van der Waals surface area contributed by atoms with Gasteiger partial charge in [0, 0.05) is 6.42 Å². The molecule has 0 atom stereocenters. The molecule has 1 amide bonds. The molecule has 23 heavy (non-hydrogen) atoms. The molecule has 1 aliphatic carbocycles. The number of nitrogens with two attached hydrogens (primary N) is 1. The van der Waals surface area contributed by atoms with Gasteiger partial charge in [-0.3, -0.25) is 4.79 Å². The van der Waals surface area contributed by atoms with Crippen molar-refractivity contribution in [3.05, 3.63) is 18.2 Å². The van der Waals surface area contributed by atoms with E-state index in [-0.39, 0.29) is 10.8 Å². The van der Waals surface area contributed by atoms with Crippen molar-refractivity contribution in [1.29, 1.82) is 0 Å². The Kier molecular flexibility index (Phi) is 4.65. The predicted octanol–water partition coefficient (Wildman–Crippen LogP) is 2.85. The van der Waals surface area contributed by atoms with Gasteiger partial charge in [0.2, 0.25) is 15.9 Å². The van der Waals surface area contributed by atoms with E-state index in [2.05, 4.69) is 10.3 Å². The molecule has 1 heterocycles. The van der Waals surface area contributed by atoms with Crippen LogP contribution in [0, 0.1) is 5.92 Å². The molecule has 1 aromatic carbocycles. The summed E-state index contributed by atoms with van der Waals surface area (Å²) in [5.41, 5.74) is 0.648. The lowest BCUT2D eigenvalue weighted by Gasteiger charge is -2.20. The number of nitrogens with zero attached hydrogens (tertiary/aromatic N) is 1. The molecule has 0 bridgehead atoms. The van der Waals surface area contributed by atoms with Crippen molar-refractivity contribution < 1.29 is 13.2 Å². The molecule has 1 fully saturated rings. The van der Waals surface area contributed by atoms with Crippen LogP contribution in [0.5, 0.6) is 0 Å². The Morgan fingerprint density at radius 1 is 1.30 bits per heavy atom. The molecule has 1 aliphatic rings. The van der Waals surface area contributed by atoms with Gasteiger partial charge >= 0.3 is 0 Å². The van der Waals surface area contributed by atoms with Crippen molar-refractivity contribution in [3.63, 3.8) is 0 Å². The van der Waals surface area contributed by atoms with Gasteiger partial charge in [0.25, 0.3) is 0 Å². The van der Waals surface area contributed by atoms with E-state index in [0.717, 1.165) is 12.8 Å². The molecule has 1 aromatic heterocycles. The van der Waals surface area contributed by atoms with Gasteiger partial charge in [-0.05, 0) is 37.0 Å². The normalized spacial score (nSPS) is 16.6. The fraction of sp³-hybridized carbons (Fsp3) is 0.467. The fourth-order valence-corrected chi connectivity index (χ4v) is 4.49. The zero-order chi connectivity index (χ0) is 16.4. The van der Waals surface area contributed by atoms with Crippen molar-refractivity contribution in [3.8, 4) is 0 Å². The van der Waals surface area contributed by atoms with E-state index < -0.39 is 10.0 Å². The first kappa shape index (κ1) is 16.4. The molecule has 0 spiro atoms. The number of fused-ring (bicyclic) bond motifs is 1. The second-order valence-corrected chi connectivity index (χ2v) is 8.54. The van der Waals surface area contributed by atoms with E-state index in [1.807, 2.05) is 0 Å². The Hall–Kier alpha value is -1.51. The van der Waals surface area contributed by atoms with E-state index in [1.54, 1.807) is 6.07 Å². The minimum atomic E-state index is -3.74. The molecule has 1 saturated carbocycles. The van der Waals surface area contributed by atoms with Crippen molar-refractivity contribution in [2.24, 2.45) is 11.1 Å². The molecule has 0 radical (unpaired) electrons. The lowest BCUT2D eigenvalue weighted by atomic mass is 9.87. The predicted molar refractivity (Wildman–Crippen MR) is 90.8 cm³/mol. The fourth-order valence-electron chi connectivity index (χ4n) is 2.96. The Morgan fingerprint density at radius 3 is 2.74 bits per heavy atom. The van der Waals surface area contributed by atoms with Crippen molar-refractivity contribution in [1.82, 2.24) is 4.98 Å². The standard InChI is InChI=1S/C15H19N3O3S2/c16-23(20,21)11-6-7-12-13(9-11)22-15(17-12)18-14(19)8-10-4-2-1-3-5-10/h6-7,9-10H,1-5,8H2,(H2,16,20,21)(H,17,18,19). The number of carbonyl (C=O) groups is 1. The molecular formula is C15H19N3O3S2. The van der Waals surface area contributed by atoms with Crippen LogP contribution in [-0.4, -0.2) is 19.3 Å². The van der Waals surface area contributed by atoms with Crippen LogP contribution in [0.1, 0.15) is 38.5 Å². The Bertz CT molecular complexity index is 824. The number of carbonyl (C=O) groups excluding carboxylic acids is 1.